The normalized spacial score (nSPS) is 19.9. The molecular weight excluding hydrogens is 280 g/mol. The summed E-state index contributed by atoms with van der Waals surface area (Å²) in [6.45, 7) is 0.383. The fourth-order valence-electron chi connectivity index (χ4n) is 2.41. The van der Waals surface area contributed by atoms with Crippen LogP contribution in [0.4, 0.5) is 0 Å². The number of nitrogens with zero attached hydrogens (tertiary/aromatic N) is 1. The summed E-state index contributed by atoms with van der Waals surface area (Å²) in [5, 5.41) is 5.23. The maximum atomic E-state index is 11.8. The van der Waals surface area contributed by atoms with Crippen LogP contribution in [-0.2, 0) is 21.4 Å². The first-order chi connectivity index (χ1) is 9.43. The number of likely N-dealkylation sites (tertiary alicyclic amines) is 1. The van der Waals surface area contributed by atoms with E-state index < -0.39 is 15.3 Å². The standard InChI is InChI=1S/C13H14N2O4S/c14-20(17,18)11-6-13(16)15(8-11)7-10-5-9-3-1-2-4-12(9)19-10/h1-5,11H,6-8H2,(H2,14,17,18). The molecule has 2 aromatic rings. The Labute approximate surface area is 116 Å². The summed E-state index contributed by atoms with van der Waals surface area (Å²) in [6, 6.07) is 9.39. The van der Waals surface area contributed by atoms with E-state index in [2.05, 4.69) is 0 Å². The number of primary sulfonamides is 1. The third-order valence-electron chi connectivity index (χ3n) is 3.47. The Bertz CT molecular complexity index is 733. The molecule has 0 spiro atoms. The molecule has 1 saturated heterocycles. The van der Waals surface area contributed by atoms with E-state index in [1.807, 2.05) is 30.3 Å². The predicted octanol–water partition coefficient (Wildman–Crippen LogP) is 0.822. The Morgan fingerprint density at radius 1 is 1.35 bits per heavy atom. The van der Waals surface area contributed by atoms with E-state index >= 15 is 0 Å². The van der Waals surface area contributed by atoms with Crippen molar-refractivity contribution in [1.82, 2.24) is 4.90 Å². The zero-order valence-corrected chi connectivity index (χ0v) is 11.5. The van der Waals surface area contributed by atoms with Crippen LogP contribution in [0.1, 0.15) is 12.2 Å². The first-order valence-corrected chi connectivity index (χ1v) is 7.81. The number of benzene rings is 1. The molecule has 1 aliphatic rings. The monoisotopic (exact) mass is 294 g/mol. The van der Waals surface area contributed by atoms with Gasteiger partial charge in [-0.05, 0) is 12.1 Å². The smallest absolute Gasteiger partial charge is 0.224 e. The molecule has 0 aliphatic carbocycles. The highest BCUT2D eigenvalue weighted by Crippen LogP contribution is 2.23. The molecule has 1 fully saturated rings. The topological polar surface area (TPSA) is 93.6 Å². The summed E-state index contributed by atoms with van der Waals surface area (Å²) in [5.74, 6) is 0.416. The number of carbonyl (C=O) groups is 1. The summed E-state index contributed by atoms with van der Waals surface area (Å²) in [6.07, 6.45) is -0.0565. The number of carbonyl (C=O) groups excluding carboxylic acids is 1. The number of hydrogen-bond donors (Lipinski definition) is 1. The fourth-order valence-corrected chi connectivity index (χ4v) is 3.17. The van der Waals surface area contributed by atoms with Crippen molar-refractivity contribution < 1.29 is 17.6 Å². The van der Waals surface area contributed by atoms with Crippen molar-refractivity contribution in [1.29, 1.82) is 0 Å². The molecule has 6 nitrogen and oxygen atoms in total. The number of furan rings is 1. The second-order valence-corrected chi connectivity index (χ2v) is 6.78. The molecule has 0 radical (unpaired) electrons. The Morgan fingerprint density at radius 2 is 2.10 bits per heavy atom. The molecule has 0 saturated carbocycles. The van der Waals surface area contributed by atoms with Crippen LogP contribution in [0.2, 0.25) is 0 Å². The largest absolute Gasteiger partial charge is 0.459 e. The van der Waals surface area contributed by atoms with Gasteiger partial charge in [-0.3, -0.25) is 4.79 Å². The first kappa shape index (κ1) is 13.1. The molecule has 106 valence electrons. The lowest BCUT2D eigenvalue weighted by molar-refractivity contribution is -0.128. The Hall–Kier alpha value is -1.86. The molecule has 20 heavy (non-hydrogen) atoms. The number of amides is 1. The van der Waals surface area contributed by atoms with Crippen molar-refractivity contribution >= 4 is 26.9 Å². The van der Waals surface area contributed by atoms with Crippen LogP contribution in [0.15, 0.2) is 34.7 Å². The van der Waals surface area contributed by atoms with Gasteiger partial charge >= 0.3 is 0 Å². The maximum absolute atomic E-state index is 11.8. The number of nitrogens with two attached hydrogens (primary N) is 1. The highest BCUT2D eigenvalue weighted by molar-refractivity contribution is 7.89. The Kier molecular flexibility index (Phi) is 3.02. The summed E-state index contributed by atoms with van der Waals surface area (Å²) in [5.41, 5.74) is 0.747. The van der Waals surface area contributed by atoms with Gasteiger partial charge in [0.2, 0.25) is 15.9 Å². The SMILES string of the molecule is NS(=O)(=O)C1CC(=O)N(Cc2cc3ccccc3o2)C1. The summed E-state index contributed by atoms with van der Waals surface area (Å²) in [4.78, 5) is 13.3. The van der Waals surface area contributed by atoms with E-state index in [0.717, 1.165) is 11.0 Å². The van der Waals surface area contributed by atoms with E-state index in [-0.39, 0.29) is 25.4 Å². The molecule has 7 heteroatoms. The van der Waals surface area contributed by atoms with Crippen molar-refractivity contribution in [2.75, 3.05) is 6.54 Å². The van der Waals surface area contributed by atoms with Crippen LogP contribution in [0.3, 0.4) is 0 Å². The number of sulfonamides is 1. The molecule has 0 bridgehead atoms. The van der Waals surface area contributed by atoms with Gasteiger partial charge < -0.3 is 9.32 Å². The van der Waals surface area contributed by atoms with Crippen molar-refractivity contribution in [2.24, 2.45) is 5.14 Å². The second-order valence-electron chi connectivity index (χ2n) is 4.94. The summed E-state index contributed by atoms with van der Waals surface area (Å²) >= 11 is 0. The summed E-state index contributed by atoms with van der Waals surface area (Å²) < 4.78 is 28.2. The average Bonchev–Trinajstić information content (AvgIpc) is 2.93. The van der Waals surface area contributed by atoms with Crippen molar-refractivity contribution in [3.63, 3.8) is 0 Å². The number of rotatable bonds is 3. The third-order valence-corrected chi connectivity index (χ3v) is 4.71. The Morgan fingerprint density at radius 3 is 2.75 bits per heavy atom. The molecule has 1 aliphatic heterocycles. The van der Waals surface area contributed by atoms with Crippen LogP contribution in [0.5, 0.6) is 0 Å². The molecule has 2 heterocycles. The van der Waals surface area contributed by atoms with Gasteiger partial charge in [-0.15, -0.1) is 0 Å². The van der Waals surface area contributed by atoms with E-state index in [1.165, 1.54) is 4.90 Å². The number of para-hydroxylation sites is 1. The molecule has 1 aromatic carbocycles. The zero-order valence-electron chi connectivity index (χ0n) is 10.7. The Balaban J connectivity index is 1.79. The maximum Gasteiger partial charge on any atom is 0.224 e. The van der Waals surface area contributed by atoms with Crippen LogP contribution < -0.4 is 5.14 Å². The fraction of sp³-hybridized carbons (Fsp3) is 0.308. The van der Waals surface area contributed by atoms with Gasteiger partial charge in [0.05, 0.1) is 6.54 Å². The van der Waals surface area contributed by atoms with E-state index in [1.54, 1.807) is 0 Å². The molecule has 3 rings (SSSR count). The molecule has 1 aromatic heterocycles. The molecule has 1 unspecified atom stereocenters. The lowest BCUT2D eigenvalue weighted by Gasteiger charge is -2.14. The second kappa shape index (κ2) is 4.60. The van der Waals surface area contributed by atoms with Crippen molar-refractivity contribution in [2.45, 2.75) is 18.2 Å². The van der Waals surface area contributed by atoms with Gasteiger partial charge in [-0.1, -0.05) is 18.2 Å². The lowest BCUT2D eigenvalue weighted by atomic mass is 10.2. The average molecular weight is 294 g/mol. The first-order valence-electron chi connectivity index (χ1n) is 6.20. The van der Waals surface area contributed by atoms with Gasteiger partial charge in [0.1, 0.15) is 16.6 Å². The molecule has 1 atom stereocenters. The third kappa shape index (κ3) is 2.41. The molecular formula is C13H14N2O4S. The highest BCUT2D eigenvalue weighted by atomic mass is 32.2. The van der Waals surface area contributed by atoms with Crippen molar-refractivity contribution in [3.8, 4) is 0 Å². The minimum Gasteiger partial charge on any atom is -0.459 e. The van der Waals surface area contributed by atoms with E-state index in [9.17, 15) is 13.2 Å². The molecule has 1 amide bonds. The quantitative estimate of drug-likeness (QED) is 0.907. The summed E-state index contributed by atoms with van der Waals surface area (Å²) in [7, 11) is -3.68. The van der Waals surface area contributed by atoms with E-state index in [0.29, 0.717) is 5.76 Å². The zero-order chi connectivity index (χ0) is 14.3. The molecule has 2 N–H and O–H groups in total. The minimum atomic E-state index is -3.68. The number of hydrogen-bond acceptors (Lipinski definition) is 4. The van der Waals surface area contributed by atoms with Gasteiger partial charge in [-0.2, -0.15) is 0 Å². The highest BCUT2D eigenvalue weighted by Gasteiger charge is 2.36. The van der Waals surface area contributed by atoms with Crippen LogP contribution >= 0.6 is 0 Å². The van der Waals surface area contributed by atoms with Gasteiger partial charge in [-0.25, -0.2) is 13.6 Å². The van der Waals surface area contributed by atoms with Gasteiger partial charge in [0.25, 0.3) is 0 Å². The number of fused-ring (bicyclic) bond motifs is 1. The lowest BCUT2D eigenvalue weighted by Crippen LogP contribution is -2.31. The van der Waals surface area contributed by atoms with Gasteiger partial charge in [0, 0.05) is 18.4 Å². The minimum absolute atomic E-state index is 0.0565. The predicted molar refractivity (Wildman–Crippen MR) is 73.1 cm³/mol. The van der Waals surface area contributed by atoms with Crippen molar-refractivity contribution in [3.05, 3.63) is 36.1 Å². The van der Waals surface area contributed by atoms with Crippen LogP contribution in [0, 0.1) is 0 Å². The van der Waals surface area contributed by atoms with E-state index in [4.69, 9.17) is 9.56 Å². The van der Waals surface area contributed by atoms with Crippen LogP contribution in [0.25, 0.3) is 11.0 Å². The van der Waals surface area contributed by atoms with Gasteiger partial charge in [0.15, 0.2) is 0 Å². The van der Waals surface area contributed by atoms with Crippen LogP contribution in [-0.4, -0.2) is 31.0 Å².